The molecule has 0 saturated carbocycles. The molecule has 4 rings (SSSR count). The van der Waals surface area contributed by atoms with Crippen molar-refractivity contribution >= 4 is 11.6 Å². The zero-order valence-electron chi connectivity index (χ0n) is 14.4. The smallest absolute Gasteiger partial charge is 0.189 e. The predicted molar refractivity (Wildman–Crippen MR) is 99.9 cm³/mol. The third-order valence-electron chi connectivity index (χ3n) is 5.22. The van der Waals surface area contributed by atoms with Crippen molar-refractivity contribution in [2.24, 2.45) is 5.92 Å². The summed E-state index contributed by atoms with van der Waals surface area (Å²) in [7, 11) is 0. The number of hydrogen-bond acceptors (Lipinski definition) is 3. The van der Waals surface area contributed by atoms with Gasteiger partial charge < -0.3 is 9.47 Å². The lowest BCUT2D eigenvalue weighted by atomic mass is 9.90. The van der Waals surface area contributed by atoms with Crippen LogP contribution in [0, 0.1) is 5.92 Å². The van der Waals surface area contributed by atoms with Gasteiger partial charge in [0, 0.05) is 22.7 Å². The van der Waals surface area contributed by atoms with Gasteiger partial charge in [-0.2, -0.15) is 0 Å². The average molecular weight is 358 g/mol. The number of rotatable bonds is 4. The molecule has 132 valence electrons. The van der Waals surface area contributed by atoms with E-state index in [1.54, 1.807) is 0 Å². The van der Waals surface area contributed by atoms with E-state index in [0.29, 0.717) is 13.4 Å². The maximum Gasteiger partial charge on any atom is 0.189 e. The fourth-order valence-electron chi connectivity index (χ4n) is 3.91. The lowest BCUT2D eigenvalue weighted by Crippen LogP contribution is -2.34. The molecule has 0 aliphatic carbocycles. The van der Waals surface area contributed by atoms with Crippen molar-refractivity contribution in [2.75, 3.05) is 19.9 Å². The summed E-state index contributed by atoms with van der Waals surface area (Å²) in [6, 6.07) is 14.8. The standard InChI is InChI=1S/C21H24ClNO2/c22-20-11-18(21-19(12-20)14-24-15-25-21)13-23-8-6-17(7-9-23)10-16-4-2-1-3-5-16/h1-5,11-12,17H,6-10,13-15H2. The lowest BCUT2D eigenvalue weighted by Gasteiger charge is -2.33. The van der Waals surface area contributed by atoms with Crippen LogP contribution in [-0.2, 0) is 24.3 Å². The van der Waals surface area contributed by atoms with Gasteiger partial charge in [0.15, 0.2) is 6.79 Å². The van der Waals surface area contributed by atoms with Gasteiger partial charge in [-0.3, -0.25) is 4.90 Å². The summed E-state index contributed by atoms with van der Waals surface area (Å²) in [6.45, 7) is 4.09. The van der Waals surface area contributed by atoms with Gasteiger partial charge >= 0.3 is 0 Å². The van der Waals surface area contributed by atoms with Crippen molar-refractivity contribution in [3.05, 3.63) is 64.2 Å². The van der Waals surface area contributed by atoms with E-state index in [2.05, 4.69) is 35.2 Å². The van der Waals surface area contributed by atoms with Crippen LogP contribution in [0.15, 0.2) is 42.5 Å². The molecule has 0 radical (unpaired) electrons. The van der Waals surface area contributed by atoms with Crippen LogP contribution in [-0.4, -0.2) is 24.8 Å². The van der Waals surface area contributed by atoms with Gasteiger partial charge in [-0.15, -0.1) is 0 Å². The molecule has 0 N–H and O–H groups in total. The minimum absolute atomic E-state index is 0.334. The van der Waals surface area contributed by atoms with Crippen LogP contribution in [0.25, 0.3) is 0 Å². The summed E-state index contributed by atoms with van der Waals surface area (Å²) >= 11 is 6.28. The number of nitrogens with zero attached hydrogens (tertiary/aromatic N) is 1. The molecule has 2 aliphatic rings. The van der Waals surface area contributed by atoms with Crippen LogP contribution in [0.4, 0.5) is 0 Å². The normalized spacial score (nSPS) is 18.6. The topological polar surface area (TPSA) is 21.7 Å². The Morgan fingerprint density at radius 1 is 1.08 bits per heavy atom. The second-order valence-corrected chi connectivity index (χ2v) is 7.51. The van der Waals surface area contributed by atoms with E-state index in [4.69, 9.17) is 21.1 Å². The molecule has 0 atom stereocenters. The minimum Gasteiger partial charge on any atom is -0.467 e. The van der Waals surface area contributed by atoms with E-state index in [9.17, 15) is 0 Å². The predicted octanol–water partition coefficient (Wildman–Crippen LogP) is 4.66. The molecule has 0 bridgehead atoms. The Morgan fingerprint density at radius 3 is 2.68 bits per heavy atom. The number of benzene rings is 2. The van der Waals surface area contributed by atoms with E-state index in [1.165, 1.54) is 30.4 Å². The van der Waals surface area contributed by atoms with Crippen LogP contribution < -0.4 is 4.74 Å². The molecule has 2 aromatic carbocycles. The Labute approximate surface area is 154 Å². The number of ether oxygens (including phenoxy) is 2. The Bertz CT molecular complexity index is 711. The SMILES string of the molecule is Clc1cc2c(c(CN3CCC(Cc4ccccc4)CC3)c1)OCOC2. The highest BCUT2D eigenvalue weighted by molar-refractivity contribution is 6.30. The van der Waals surface area contributed by atoms with Crippen LogP contribution in [0.3, 0.4) is 0 Å². The van der Waals surface area contributed by atoms with E-state index in [0.717, 1.165) is 41.9 Å². The molecule has 2 aliphatic heterocycles. The Kier molecular flexibility index (Phi) is 5.25. The number of halogens is 1. The third kappa shape index (κ3) is 4.17. The Hall–Kier alpha value is -1.55. The van der Waals surface area contributed by atoms with Crippen LogP contribution in [0.2, 0.25) is 5.02 Å². The first-order chi connectivity index (χ1) is 12.3. The molecule has 0 spiro atoms. The van der Waals surface area contributed by atoms with E-state index >= 15 is 0 Å². The molecule has 2 aromatic rings. The summed E-state index contributed by atoms with van der Waals surface area (Å²) in [5.74, 6) is 1.76. The molecule has 3 nitrogen and oxygen atoms in total. The van der Waals surface area contributed by atoms with Gasteiger partial charge in [-0.1, -0.05) is 41.9 Å². The zero-order valence-corrected chi connectivity index (χ0v) is 15.2. The van der Waals surface area contributed by atoms with E-state index in [-0.39, 0.29) is 0 Å². The first-order valence-corrected chi connectivity index (χ1v) is 9.44. The second kappa shape index (κ2) is 7.77. The minimum atomic E-state index is 0.334. The molecule has 0 amide bonds. The highest BCUT2D eigenvalue weighted by Gasteiger charge is 2.22. The first kappa shape index (κ1) is 16.9. The Morgan fingerprint density at radius 2 is 1.88 bits per heavy atom. The number of piperidine rings is 1. The molecule has 2 heterocycles. The van der Waals surface area contributed by atoms with Crippen molar-refractivity contribution < 1.29 is 9.47 Å². The molecular formula is C21H24ClNO2. The van der Waals surface area contributed by atoms with Gasteiger partial charge in [-0.25, -0.2) is 0 Å². The van der Waals surface area contributed by atoms with Gasteiger partial charge in [0.2, 0.25) is 0 Å². The van der Waals surface area contributed by atoms with Crippen LogP contribution >= 0.6 is 11.6 Å². The number of hydrogen-bond donors (Lipinski definition) is 0. The van der Waals surface area contributed by atoms with Crippen molar-refractivity contribution in [2.45, 2.75) is 32.4 Å². The van der Waals surface area contributed by atoms with E-state index in [1.807, 2.05) is 12.1 Å². The summed E-state index contributed by atoms with van der Waals surface area (Å²) < 4.78 is 11.1. The van der Waals surface area contributed by atoms with Gasteiger partial charge in [0.25, 0.3) is 0 Å². The maximum absolute atomic E-state index is 6.28. The van der Waals surface area contributed by atoms with Gasteiger partial charge in [-0.05, 0) is 56.0 Å². The summed E-state index contributed by atoms with van der Waals surface area (Å²) in [4.78, 5) is 2.52. The van der Waals surface area contributed by atoms with E-state index < -0.39 is 0 Å². The molecule has 25 heavy (non-hydrogen) atoms. The third-order valence-corrected chi connectivity index (χ3v) is 5.44. The number of fused-ring (bicyclic) bond motifs is 1. The zero-order chi connectivity index (χ0) is 17.1. The molecule has 0 unspecified atom stereocenters. The summed E-state index contributed by atoms with van der Waals surface area (Å²) in [5.41, 5.74) is 3.71. The molecule has 1 saturated heterocycles. The average Bonchev–Trinajstić information content (AvgIpc) is 2.64. The Balaban J connectivity index is 1.37. The van der Waals surface area contributed by atoms with Crippen molar-refractivity contribution in [1.29, 1.82) is 0 Å². The largest absolute Gasteiger partial charge is 0.467 e. The number of likely N-dealkylation sites (tertiary alicyclic amines) is 1. The van der Waals surface area contributed by atoms with Crippen LogP contribution in [0.1, 0.15) is 29.5 Å². The maximum atomic E-state index is 6.28. The fourth-order valence-corrected chi connectivity index (χ4v) is 4.17. The van der Waals surface area contributed by atoms with Gasteiger partial charge in [0.05, 0.1) is 6.61 Å². The first-order valence-electron chi connectivity index (χ1n) is 9.06. The highest BCUT2D eigenvalue weighted by atomic mass is 35.5. The van der Waals surface area contributed by atoms with Crippen molar-refractivity contribution in [3.63, 3.8) is 0 Å². The van der Waals surface area contributed by atoms with Crippen molar-refractivity contribution in [1.82, 2.24) is 4.90 Å². The van der Waals surface area contributed by atoms with Crippen LogP contribution in [0.5, 0.6) is 5.75 Å². The molecule has 1 fully saturated rings. The summed E-state index contributed by atoms with van der Waals surface area (Å²) in [5, 5.41) is 0.766. The second-order valence-electron chi connectivity index (χ2n) is 7.07. The molecule has 4 heteroatoms. The molecule has 0 aromatic heterocycles. The summed E-state index contributed by atoms with van der Waals surface area (Å²) in [6.07, 6.45) is 3.70. The quantitative estimate of drug-likeness (QED) is 0.794. The van der Waals surface area contributed by atoms with Gasteiger partial charge in [0.1, 0.15) is 5.75 Å². The highest BCUT2D eigenvalue weighted by Crippen LogP contribution is 2.33. The van der Waals surface area contributed by atoms with Crippen molar-refractivity contribution in [3.8, 4) is 5.75 Å². The lowest BCUT2D eigenvalue weighted by molar-refractivity contribution is -0.0175. The monoisotopic (exact) mass is 357 g/mol. The molecular weight excluding hydrogens is 334 g/mol. The fraction of sp³-hybridized carbons (Fsp3) is 0.429.